The van der Waals surface area contributed by atoms with Gasteiger partial charge in [0.05, 0.1) is 6.10 Å². The molecular weight excluding hydrogens is 174 g/mol. The van der Waals surface area contributed by atoms with Crippen molar-refractivity contribution in [1.29, 1.82) is 0 Å². The first-order chi connectivity index (χ1) is 6.63. The molecule has 2 nitrogen and oxygen atoms in total. The van der Waals surface area contributed by atoms with Gasteiger partial charge in [-0.25, -0.2) is 0 Å². The lowest BCUT2D eigenvalue weighted by Crippen LogP contribution is -2.33. The van der Waals surface area contributed by atoms with Gasteiger partial charge in [-0.1, -0.05) is 33.6 Å². The van der Waals surface area contributed by atoms with Crippen LogP contribution in [0.2, 0.25) is 0 Å². The third-order valence-corrected chi connectivity index (χ3v) is 3.00. The maximum atomic E-state index is 9.64. The molecule has 0 aromatic rings. The first-order valence-corrected chi connectivity index (χ1v) is 6.05. The lowest BCUT2D eigenvalue weighted by atomic mass is 10.1. The number of unbranched alkanes of at least 4 members (excludes halogenated alkanes) is 1. The molecule has 0 aromatic carbocycles. The summed E-state index contributed by atoms with van der Waals surface area (Å²) in [6, 6.07) is 0.646. The number of β-amino-alcohol motifs (C(OH)–C–C–N with tert-alkyl or cyclic N) is 1. The highest BCUT2D eigenvalue weighted by Gasteiger charge is 2.30. The molecule has 0 amide bonds. The number of rotatable bonds is 5. The predicted molar refractivity (Wildman–Crippen MR) is 60.3 cm³/mol. The summed E-state index contributed by atoms with van der Waals surface area (Å²) in [6.07, 6.45) is 4.75. The molecule has 0 saturated carbocycles. The van der Waals surface area contributed by atoms with Crippen molar-refractivity contribution in [3.8, 4) is 0 Å². The van der Waals surface area contributed by atoms with Gasteiger partial charge in [-0.05, 0) is 18.8 Å². The quantitative estimate of drug-likeness (QED) is 0.734. The molecule has 1 rings (SSSR count). The van der Waals surface area contributed by atoms with Crippen LogP contribution in [-0.4, -0.2) is 35.2 Å². The lowest BCUT2D eigenvalue weighted by molar-refractivity contribution is 0.168. The Morgan fingerprint density at radius 3 is 2.71 bits per heavy atom. The summed E-state index contributed by atoms with van der Waals surface area (Å²) in [7, 11) is 0. The number of aliphatic hydroxyl groups excluding tert-OH is 1. The van der Waals surface area contributed by atoms with E-state index in [-0.39, 0.29) is 6.10 Å². The summed E-state index contributed by atoms with van der Waals surface area (Å²) < 4.78 is 0. The fourth-order valence-corrected chi connectivity index (χ4v) is 2.39. The zero-order valence-electron chi connectivity index (χ0n) is 9.87. The van der Waals surface area contributed by atoms with Crippen molar-refractivity contribution in [2.75, 3.05) is 13.1 Å². The van der Waals surface area contributed by atoms with E-state index in [0.29, 0.717) is 12.0 Å². The Morgan fingerprint density at radius 1 is 1.43 bits per heavy atom. The van der Waals surface area contributed by atoms with Gasteiger partial charge >= 0.3 is 0 Å². The van der Waals surface area contributed by atoms with Crippen LogP contribution in [-0.2, 0) is 0 Å². The summed E-state index contributed by atoms with van der Waals surface area (Å²) >= 11 is 0. The van der Waals surface area contributed by atoms with Crippen LogP contribution in [0.4, 0.5) is 0 Å². The van der Waals surface area contributed by atoms with Crippen LogP contribution < -0.4 is 0 Å². The molecule has 1 N–H and O–H groups in total. The van der Waals surface area contributed by atoms with Gasteiger partial charge in [-0.3, -0.25) is 4.90 Å². The van der Waals surface area contributed by atoms with Gasteiger partial charge in [-0.2, -0.15) is 0 Å². The first-order valence-electron chi connectivity index (χ1n) is 6.05. The standard InChI is InChI=1S/C12H25NO/c1-4-5-6-11-7-12(14)9-13(11)8-10(2)3/h10-12,14H,4-9H2,1-3H3/t11-,12+/m0/s1. The molecule has 1 aliphatic heterocycles. The second-order valence-electron chi connectivity index (χ2n) is 5.03. The van der Waals surface area contributed by atoms with E-state index in [1.165, 1.54) is 19.3 Å². The number of nitrogens with zero attached hydrogens (tertiary/aromatic N) is 1. The molecule has 0 bridgehead atoms. The van der Waals surface area contributed by atoms with E-state index in [9.17, 15) is 5.11 Å². The zero-order chi connectivity index (χ0) is 10.6. The third kappa shape index (κ3) is 3.58. The molecule has 0 aromatic heterocycles. The van der Waals surface area contributed by atoms with Crippen molar-refractivity contribution in [3.63, 3.8) is 0 Å². The maximum absolute atomic E-state index is 9.64. The molecule has 1 aliphatic rings. The summed E-state index contributed by atoms with van der Waals surface area (Å²) in [5.41, 5.74) is 0. The first kappa shape index (κ1) is 12.0. The number of hydrogen-bond acceptors (Lipinski definition) is 2. The van der Waals surface area contributed by atoms with E-state index in [1.54, 1.807) is 0 Å². The van der Waals surface area contributed by atoms with Crippen LogP contribution in [0.5, 0.6) is 0 Å². The molecule has 0 aliphatic carbocycles. The van der Waals surface area contributed by atoms with E-state index in [2.05, 4.69) is 25.7 Å². The minimum atomic E-state index is -0.0735. The highest BCUT2D eigenvalue weighted by Crippen LogP contribution is 2.23. The Kier molecular flexibility index (Phi) is 4.90. The maximum Gasteiger partial charge on any atom is 0.0682 e. The van der Waals surface area contributed by atoms with E-state index in [4.69, 9.17) is 0 Å². The highest BCUT2D eigenvalue weighted by atomic mass is 16.3. The molecule has 1 saturated heterocycles. The van der Waals surface area contributed by atoms with Crippen molar-refractivity contribution in [3.05, 3.63) is 0 Å². The lowest BCUT2D eigenvalue weighted by Gasteiger charge is -2.25. The Balaban J connectivity index is 2.37. The summed E-state index contributed by atoms with van der Waals surface area (Å²) in [5, 5.41) is 9.64. The molecule has 1 fully saturated rings. The van der Waals surface area contributed by atoms with Gasteiger partial charge in [0.2, 0.25) is 0 Å². The van der Waals surface area contributed by atoms with E-state index in [0.717, 1.165) is 19.5 Å². The fraction of sp³-hybridized carbons (Fsp3) is 1.00. The van der Waals surface area contributed by atoms with Crippen molar-refractivity contribution in [2.24, 2.45) is 5.92 Å². The monoisotopic (exact) mass is 199 g/mol. The van der Waals surface area contributed by atoms with Crippen LogP contribution in [0.1, 0.15) is 46.5 Å². The molecule has 0 spiro atoms. The molecule has 0 radical (unpaired) electrons. The Bertz CT molecular complexity index is 158. The average molecular weight is 199 g/mol. The van der Waals surface area contributed by atoms with Crippen LogP contribution in [0.15, 0.2) is 0 Å². The molecular formula is C12H25NO. The molecule has 2 atom stereocenters. The average Bonchev–Trinajstić information content (AvgIpc) is 2.41. The molecule has 0 unspecified atom stereocenters. The van der Waals surface area contributed by atoms with Crippen molar-refractivity contribution < 1.29 is 5.11 Å². The summed E-state index contributed by atoms with van der Waals surface area (Å²) in [5.74, 6) is 0.712. The topological polar surface area (TPSA) is 23.5 Å². The third-order valence-electron chi connectivity index (χ3n) is 3.00. The van der Waals surface area contributed by atoms with Crippen LogP contribution in [0.3, 0.4) is 0 Å². The zero-order valence-corrected chi connectivity index (χ0v) is 9.87. The smallest absolute Gasteiger partial charge is 0.0682 e. The molecule has 1 heterocycles. The number of hydrogen-bond donors (Lipinski definition) is 1. The van der Waals surface area contributed by atoms with Crippen molar-refractivity contribution >= 4 is 0 Å². The Labute approximate surface area is 88.3 Å². The van der Waals surface area contributed by atoms with Gasteiger partial charge < -0.3 is 5.11 Å². The van der Waals surface area contributed by atoms with E-state index < -0.39 is 0 Å². The van der Waals surface area contributed by atoms with Gasteiger partial charge in [0.15, 0.2) is 0 Å². The second kappa shape index (κ2) is 5.72. The van der Waals surface area contributed by atoms with E-state index in [1.807, 2.05) is 0 Å². The summed E-state index contributed by atoms with van der Waals surface area (Å²) in [6.45, 7) is 8.78. The van der Waals surface area contributed by atoms with Crippen LogP contribution in [0.25, 0.3) is 0 Å². The summed E-state index contributed by atoms with van der Waals surface area (Å²) in [4.78, 5) is 2.48. The van der Waals surface area contributed by atoms with Crippen LogP contribution in [0, 0.1) is 5.92 Å². The molecule has 2 heteroatoms. The number of aliphatic hydroxyl groups is 1. The predicted octanol–water partition coefficient (Wildman–Crippen LogP) is 2.27. The molecule has 84 valence electrons. The largest absolute Gasteiger partial charge is 0.392 e. The van der Waals surface area contributed by atoms with Gasteiger partial charge in [0, 0.05) is 19.1 Å². The minimum Gasteiger partial charge on any atom is -0.392 e. The van der Waals surface area contributed by atoms with Crippen LogP contribution >= 0.6 is 0 Å². The Hall–Kier alpha value is -0.0800. The second-order valence-corrected chi connectivity index (χ2v) is 5.03. The molecule has 14 heavy (non-hydrogen) atoms. The number of likely N-dealkylation sites (tertiary alicyclic amines) is 1. The van der Waals surface area contributed by atoms with Gasteiger partial charge in [0.25, 0.3) is 0 Å². The van der Waals surface area contributed by atoms with Crippen molar-refractivity contribution in [1.82, 2.24) is 4.90 Å². The Morgan fingerprint density at radius 2 is 2.14 bits per heavy atom. The fourth-order valence-electron chi connectivity index (χ4n) is 2.39. The normalized spacial score (nSPS) is 28.9. The highest BCUT2D eigenvalue weighted by molar-refractivity contribution is 4.85. The van der Waals surface area contributed by atoms with Crippen molar-refractivity contribution in [2.45, 2.75) is 58.6 Å². The SMILES string of the molecule is CCCC[C@H]1C[C@@H](O)CN1CC(C)C. The van der Waals surface area contributed by atoms with Gasteiger partial charge in [0.1, 0.15) is 0 Å². The van der Waals surface area contributed by atoms with E-state index >= 15 is 0 Å². The van der Waals surface area contributed by atoms with Gasteiger partial charge in [-0.15, -0.1) is 0 Å². The minimum absolute atomic E-state index is 0.0735.